The number of rotatable bonds is 9. The first-order valence-electron chi connectivity index (χ1n) is 6.72. The molecule has 0 saturated heterocycles. The van der Waals surface area contributed by atoms with Gasteiger partial charge in [-0.15, -0.1) is 11.3 Å². The van der Waals surface area contributed by atoms with Gasteiger partial charge in [-0.05, 0) is 38.1 Å². The minimum absolute atomic E-state index is 0.670. The van der Waals surface area contributed by atoms with Crippen molar-refractivity contribution in [2.45, 2.75) is 33.6 Å². The lowest BCUT2D eigenvalue weighted by Gasteiger charge is -2.18. The molecular weight excluding hydrogens is 244 g/mol. The fourth-order valence-electron chi connectivity index (χ4n) is 2.18. The van der Waals surface area contributed by atoms with Crippen molar-refractivity contribution >= 4 is 11.3 Å². The maximum Gasteiger partial charge on any atom is 0.0897 e. The summed E-state index contributed by atoms with van der Waals surface area (Å²) in [5.41, 5.74) is 1.25. The lowest BCUT2D eigenvalue weighted by atomic mass is 9.93. The van der Waals surface area contributed by atoms with Crippen LogP contribution in [0, 0.1) is 18.8 Å². The molecule has 0 bridgehead atoms. The van der Waals surface area contributed by atoms with Crippen LogP contribution in [0.1, 0.15) is 31.0 Å². The predicted octanol–water partition coefficient (Wildman–Crippen LogP) is 2.89. The van der Waals surface area contributed by atoms with Crippen LogP contribution in [-0.4, -0.2) is 31.8 Å². The maximum atomic E-state index is 5.05. The van der Waals surface area contributed by atoms with Gasteiger partial charge >= 0.3 is 0 Å². The van der Waals surface area contributed by atoms with Gasteiger partial charge in [0.2, 0.25) is 0 Å². The normalized spacial score (nSPS) is 13.2. The summed E-state index contributed by atoms with van der Waals surface area (Å²) in [4.78, 5) is 4.57. The Morgan fingerprint density at radius 2 is 2.22 bits per heavy atom. The first-order valence-corrected chi connectivity index (χ1v) is 7.60. The van der Waals surface area contributed by atoms with Crippen molar-refractivity contribution in [3.05, 3.63) is 16.1 Å². The Hall–Kier alpha value is -0.450. The fourth-order valence-corrected chi connectivity index (χ4v) is 2.81. The Morgan fingerprint density at radius 3 is 2.78 bits per heavy atom. The van der Waals surface area contributed by atoms with Gasteiger partial charge in [0.25, 0.3) is 0 Å². The van der Waals surface area contributed by atoms with Crippen molar-refractivity contribution in [2.75, 3.05) is 26.8 Å². The summed E-state index contributed by atoms with van der Waals surface area (Å²) in [7, 11) is 1.74. The summed E-state index contributed by atoms with van der Waals surface area (Å²) < 4.78 is 5.05. The van der Waals surface area contributed by atoms with Gasteiger partial charge in [-0.25, -0.2) is 4.98 Å². The van der Waals surface area contributed by atoms with E-state index in [9.17, 15) is 0 Å². The van der Waals surface area contributed by atoms with Crippen LogP contribution in [0.15, 0.2) is 5.38 Å². The minimum Gasteiger partial charge on any atom is -0.383 e. The molecule has 0 fully saturated rings. The summed E-state index contributed by atoms with van der Waals surface area (Å²) in [5, 5.41) is 6.83. The van der Waals surface area contributed by atoms with Crippen molar-refractivity contribution in [1.29, 1.82) is 0 Å². The summed E-state index contributed by atoms with van der Waals surface area (Å²) >= 11 is 1.75. The van der Waals surface area contributed by atoms with Gasteiger partial charge in [-0.2, -0.15) is 0 Å². The lowest BCUT2D eigenvalue weighted by molar-refractivity contribution is 0.197. The Morgan fingerprint density at radius 1 is 1.44 bits per heavy atom. The fraction of sp³-hybridized carbons (Fsp3) is 0.786. The van der Waals surface area contributed by atoms with Gasteiger partial charge in [-0.3, -0.25) is 0 Å². The van der Waals surface area contributed by atoms with Crippen LogP contribution < -0.4 is 5.32 Å². The molecule has 104 valence electrons. The molecule has 0 aliphatic rings. The van der Waals surface area contributed by atoms with Crippen LogP contribution >= 0.6 is 11.3 Å². The average Bonchev–Trinajstić information content (AvgIpc) is 2.69. The third-order valence-electron chi connectivity index (χ3n) is 2.89. The summed E-state index contributed by atoms with van der Waals surface area (Å²) in [5.74, 6) is 1.40. The third kappa shape index (κ3) is 6.47. The number of aryl methyl sites for hydroxylation is 1. The molecule has 1 N–H and O–H groups in total. The van der Waals surface area contributed by atoms with E-state index in [0.717, 1.165) is 32.0 Å². The van der Waals surface area contributed by atoms with Gasteiger partial charge in [0.15, 0.2) is 0 Å². The molecule has 0 spiro atoms. The summed E-state index contributed by atoms with van der Waals surface area (Å²) in [6.45, 7) is 9.41. The second kappa shape index (κ2) is 8.62. The smallest absolute Gasteiger partial charge is 0.0897 e. The lowest BCUT2D eigenvalue weighted by Crippen LogP contribution is -2.28. The standard InChI is InChI=1S/C14H26N2OS/c1-11(2)7-13(9-15-5-6-17-4)8-14-10-18-12(3)16-14/h10-11,13,15H,5-9H2,1-4H3. The first-order chi connectivity index (χ1) is 8.61. The molecule has 1 aromatic heterocycles. The van der Waals surface area contributed by atoms with Gasteiger partial charge in [0, 0.05) is 19.0 Å². The largest absolute Gasteiger partial charge is 0.383 e. The second-order valence-corrected chi connectivity index (χ2v) is 6.32. The molecule has 0 saturated carbocycles. The first kappa shape index (κ1) is 15.6. The van der Waals surface area contributed by atoms with Gasteiger partial charge in [0.1, 0.15) is 0 Å². The van der Waals surface area contributed by atoms with E-state index < -0.39 is 0 Å². The van der Waals surface area contributed by atoms with E-state index in [1.807, 2.05) is 0 Å². The molecule has 1 unspecified atom stereocenters. The van der Waals surface area contributed by atoms with E-state index in [-0.39, 0.29) is 0 Å². The SMILES string of the molecule is COCCNCC(Cc1csc(C)n1)CC(C)C. The van der Waals surface area contributed by atoms with Crippen molar-refractivity contribution in [1.82, 2.24) is 10.3 Å². The number of nitrogens with zero attached hydrogens (tertiary/aromatic N) is 1. The molecule has 3 nitrogen and oxygen atoms in total. The molecular formula is C14H26N2OS. The quantitative estimate of drug-likeness (QED) is 0.701. The van der Waals surface area contributed by atoms with E-state index in [4.69, 9.17) is 4.74 Å². The zero-order valence-electron chi connectivity index (χ0n) is 12.0. The number of nitrogens with one attached hydrogen (secondary N) is 1. The minimum atomic E-state index is 0.670. The highest BCUT2D eigenvalue weighted by Gasteiger charge is 2.13. The number of thiazole rings is 1. The van der Waals surface area contributed by atoms with Crippen LogP contribution in [-0.2, 0) is 11.2 Å². The molecule has 18 heavy (non-hydrogen) atoms. The Balaban J connectivity index is 2.39. The zero-order valence-corrected chi connectivity index (χ0v) is 12.8. The molecule has 1 heterocycles. The molecule has 0 aliphatic heterocycles. The molecule has 1 rings (SSSR count). The van der Waals surface area contributed by atoms with Crippen LogP contribution in [0.2, 0.25) is 0 Å². The van der Waals surface area contributed by atoms with E-state index in [1.54, 1.807) is 18.4 Å². The molecule has 0 aliphatic carbocycles. The van der Waals surface area contributed by atoms with Crippen molar-refractivity contribution in [3.63, 3.8) is 0 Å². The van der Waals surface area contributed by atoms with Crippen LogP contribution in [0.25, 0.3) is 0 Å². The Bertz CT molecular complexity index is 325. The molecule has 4 heteroatoms. The third-order valence-corrected chi connectivity index (χ3v) is 3.71. The number of methoxy groups -OCH3 is 1. The Kier molecular flexibility index (Phi) is 7.47. The molecule has 1 aromatic rings. The molecule has 1 atom stereocenters. The number of aromatic nitrogens is 1. The van der Waals surface area contributed by atoms with Crippen LogP contribution in [0.5, 0.6) is 0 Å². The monoisotopic (exact) mass is 270 g/mol. The topological polar surface area (TPSA) is 34.1 Å². The summed E-state index contributed by atoms with van der Waals surface area (Å²) in [6, 6.07) is 0. The van der Waals surface area contributed by atoms with Gasteiger partial charge in [-0.1, -0.05) is 13.8 Å². The summed E-state index contributed by atoms with van der Waals surface area (Å²) in [6.07, 6.45) is 2.33. The van der Waals surface area contributed by atoms with E-state index >= 15 is 0 Å². The highest BCUT2D eigenvalue weighted by Crippen LogP contribution is 2.18. The zero-order chi connectivity index (χ0) is 13.4. The van der Waals surface area contributed by atoms with Gasteiger partial charge < -0.3 is 10.1 Å². The van der Waals surface area contributed by atoms with Gasteiger partial charge in [0.05, 0.1) is 17.3 Å². The van der Waals surface area contributed by atoms with Crippen LogP contribution in [0.4, 0.5) is 0 Å². The molecule has 0 amide bonds. The average molecular weight is 270 g/mol. The highest BCUT2D eigenvalue weighted by molar-refractivity contribution is 7.09. The number of hydrogen-bond acceptors (Lipinski definition) is 4. The molecule has 0 aromatic carbocycles. The highest BCUT2D eigenvalue weighted by atomic mass is 32.1. The predicted molar refractivity (Wildman–Crippen MR) is 78.2 cm³/mol. The van der Waals surface area contributed by atoms with E-state index in [0.29, 0.717) is 5.92 Å². The van der Waals surface area contributed by atoms with Crippen molar-refractivity contribution < 1.29 is 4.74 Å². The van der Waals surface area contributed by atoms with E-state index in [1.165, 1.54) is 17.1 Å². The maximum absolute atomic E-state index is 5.05. The second-order valence-electron chi connectivity index (χ2n) is 5.25. The van der Waals surface area contributed by atoms with E-state index in [2.05, 4.69) is 36.5 Å². The Labute approximate surface area is 115 Å². The number of hydrogen-bond donors (Lipinski definition) is 1. The number of ether oxygens (including phenoxy) is 1. The van der Waals surface area contributed by atoms with Crippen LogP contribution in [0.3, 0.4) is 0 Å². The van der Waals surface area contributed by atoms with Crippen molar-refractivity contribution in [2.24, 2.45) is 11.8 Å². The molecule has 0 radical (unpaired) electrons. The van der Waals surface area contributed by atoms with Crippen molar-refractivity contribution in [3.8, 4) is 0 Å².